The third kappa shape index (κ3) is 3.06. The van der Waals surface area contributed by atoms with Gasteiger partial charge in [0.25, 0.3) is 10.1 Å². The van der Waals surface area contributed by atoms with E-state index in [-0.39, 0.29) is 10.9 Å². The fraction of sp³-hybridized carbons (Fsp3) is 0.188. The van der Waals surface area contributed by atoms with Crippen molar-refractivity contribution in [2.75, 3.05) is 25.1 Å². The van der Waals surface area contributed by atoms with E-state index in [1.165, 1.54) is 24.1 Å². The van der Waals surface area contributed by atoms with Gasteiger partial charge in [-0.2, -0.15) is 8.42 Å². The van der Waals surface area contributed by atoms with Gasteiger partial charge in [-0.25, -0.2) is 4.79 Å². The highest BCUT2D eigenvalue weighted by atomic mass is 32.2. The van der Waals surface area contributed by atoms with Crippen LogP contribution in [0.15, 0.2) is 47.4 Å². The van der Waals surface area contributed by atoms with Gasteiger partial charge in [0, 0.05) is 24.3 Å². The molecule has 1 heterocycles. The quantitative estimate of drug-likeness (QED) is 0.825. The number of nitrogens with one attached hydrogen (secondary N) is 1. The molecule has 0 spiro atoms. The molecule has 2 N–H and O–H groups in total. The van der Waals surface area contributed by atoms with Crippen LogP contribution in [0.25, 0.3) is 11.1 Å². The van der Waals surface area contributed by atoms with Gasteiger partial charge in [0.15, 0.2) is 0 Å². The zero-order valence-electron chi connectivity index (χ0n) is 12.9. The van der Waals surface area contributed by atoms with Gasteiger partial charge < -0.3 is 10.1 Å². The number of methoxy groups -OCH3 is 1. The minimum atomic E-state index is -4.41. The molecule has 0 atom stereocenters. The van der Waals surface area contributed by atoms with Crippen LogP contribution in [-0.2, 0) is 10.1 Å². The van der Waals surface area contributed by atoms with Crippen LogP contribution in [0.5, 0.6) is 5.75 Å². The Hall–Kier alpha value is -2.58. The largest absolute Gasteiger partial charge is 0.497 e. The molecule has 126 valence electrons. The van der Waals surface area contributed by atoms with Gasteiger partial charge in [0.1, 0.15) is 10.6 Å². The van der Waals surface area contributed by atoms with Crippen molar-refractivity contribution in [3.05, 3.63) is 42.5 Å². The van der Waals surface area contributed by atoms with Gasteiger partial charge in [0.05, 0.1) is 7.11 Å². The summed E-state index contributed by atoms with van der Waals surface area (Å²) in [4.78, 5) is 13.1. The van der Waals surface area contributed by atoms with Crippen molar-refractivity contribution < 1.29 is 22.5 Å². The lowest BCUT2D eigenvalue weighted by Crippen LogP contribution is -2.27. The van der Waals surface area contributed by atoms with Gasteiger partial charge in [-0.05, 0) is 35.9 Å². The number of benzene rings is 2. The Kier molecular flexibility index (Phi) is 4.16. The summed E-state index contributed by atoms with van der Waals surface area (Å²) in [5, 5.41) is 2.69. The van der Waals surface area contributed by atoms with Crippen molar-refractivity contribution in [2.24, 2.45) is 0 Å². The van der Waals surface area contributed by atoms with Crippen molar-refractivity contribution in [3.63, 3.8) is 0 Å². The first-order valence-electron chi connectivity index (χ1n) is 7.21. The Bertz CT molecular complexity index is 895. The molecule has 1 aliphatic heterocycles. The summed E-state index contributed by atoms with van der Waals surface area (Å²) in [6.07, 6.45) is 0. The molecule has 7 nitrogen and oxygen atoms in total. The van der Waals surface area contributed by atoms with Crippen LogP contribution in [0.3, 0.4) is 0 Å². The Labute approximate surface area is 139 Å². The van der Waals surface area contributed by atoms with E-state index in [9.17, 15) is 17.8 Å². The topological polar surface area (TPSA) is 95.9 Å². The summed E-state index contributed by atoms with van der Waals surface area (Å²) >= 11 is 0. The van der Waals surface area contributed by atoms with Crippen molar-refractivity contribution in [3.8, 4) is 16.9 Å². The number of hydrogen-bond acceptors (Lipinski definition) is 4. The smallest absolute Gasteiger partial charge is 0.321 e. The van der Waals surface area contributed by atoms with E-state index in [1.807, 2.05) is 0 Å². The highest BCUT2D eigenvalue weighted by Crippen LogP contribution is 2.33. The number of hydrogen-bond donors (Lipinski definition) is 2. The zero-order valence-corrected chi connectivity index (χ0v) is 13.7. The van der Waals surface area contributed by atoms with Gasteiger partial charge in [-0.3, -0.25) is 9.45 Å². The Morgan fingerprint density at radius 1 is 1.21 bits per heavy atom. The fourth-order valence-electron chi connectivity index (χ4n) is 2.64. The standard InChI is InChI=1S/C16H16N2O5S/c1-23-13-4-2-3-11(9-13)14-10-12(18-8-7-17-16(18)19)5-6-15(14)24(20,21)22/h2-6,9-10H,7-8H2,1H3,(H,17,19)(H,20,21,22). The predicted molar refractivity (Wildman–Crippen MR) is 89.0 cm³/mol. The predicted octanol–water partition coefficient (Wildman–Crippen LogP) is 2.14. The highest BCUT2D eigenvalue weighted by molar-refractivity contribution is 7.86. The second kappa shape index (κ2) is 6.14. The van der Waals surface area contributed by atoms with E-state index in [1.54, 1.807) is 30.3 Å². The van der Waals surface area contributed by atoms with Crippen molar-refractivity contribution >= 4 is 21.8 Å². The van der Waals surface area contributed by atoms with Gasteiger partial charge in [-0.1, -0.05) is 12.1 Å². The number of carbonyl (C=O) groups excluding carboxylic acids is 1. The van der Waals surface area contributed by atoms with Crippen LogP contribution in [0.1, 0.15) is 0 Å². The minimum absolute atomic E-state index is 0.223. The molecule has 8 heteroatoms. The summed E-state index contributed by atoms with van der Waals surface area (Å²) in [6, 6.07) is 10.9. The molecular formula is C16H16N2O5S. The number of amides is 2. The summed E-state index contributed by atoms with van der Waals surface area (Å²) in [5.41, 5.74) is 1.41. The van der Waals surface area contributed by atoms with Crippen molar-refractivity contribution in [2.45, 2.75) is 4.90 Å². The number of anilines is 1. The molecule has 0 bridgehead atoms. The SMILES string of the molecule is COc1cccc(-c2cc(N3CCNC3=O)ccc2S(=O)(=O)O)c1. The Balaban J connectivity index is 2.18. The van der Waals surface area contributed by atoms with Crippen LogP contribution in [0.4, 0.5) is 10.5 Å². The molecule has 0 saturated carbocycles. The van der Waals surface area contributed by atoms with Crippen LogP contribution in [-0.4, -0.2) is 39.2 Å². The van der Waals surface area contributed by atoms with Crippen molar-refractivity contribution in [1.82, 2.24) is 5.32 Å². The second-order valence-corrected chi connectivity index (χ2v) is 6.66. The first-order valence-corrected chi connectivity index (χ1v) is 8.65. The first-order chi connectivity index (χ1) is 11.4. The molecule has 3 rings (SSSR count). The molecule has 2 amide bonds. The maximum Gasteiger partial charge on any atom is 0.321 e. The molecular weight excluding hydrogens is 332 g/mol. The van der Waals surface area contributed by atoms with Gasteiger partial charge in [-0.15, -0.1) is 0 Å². The lowest BCUT2D eigenvalue weighted by molar-refractivity contribution is 0.252. The van der Waals surface area contributed by atoms with Crippen LogP contribution in [0.2, 0.25) is 0 Å². The molecule has 0 radical (unpaired) electrons. The maximum atomic E-state index is 11.8. The lowest BCUT2D eigenvalue weighted by atomic mass is 10.0. The highest BCUT2D eigenvalue weighted by Gasteiger charge is 2.24. The third-order valence-corrected chi connectivity index (χ3v) is 4.70. The Morgan fingerprint density at radius 2 is 2.00 bits per heavy atom. The first kappa shape index (κ1) is 16.3. The fourth-order valence-corrected chi connectivity index (χ4v) is 3.34. The van der Waals surface area contributed by atoms with Crippen LogP contribution >= 0.6 is 0 Å². The number of nitrogens with zero attached hydrogens (tertiary/aromatic N) is 1. The van der Waals surface area contributed by atoms with E-state index < -0.39 is 10.1 Å². The van der Waals surface area contributed by atoms with E-state index in [0.29, 0.717) is 35.7 Å². The zero-order chi connectivity index (χ0) is 17.3. The number of urea groups is 1. The normalized spacial score (nSPS) is 14.6. The molecule has 2 aromatic carbocycles. The Morgan fingerprint density at radius 3 is 2.62 bits per heavy atom. The molecule has 1 saturated heterocycles. The summed E-state index contributed by atoms with van der Waals surface area (Å²) in [5.74, 6) is 0.554. The molecule has 0 aliphatic carbocycles. The average molecular weight is 348 g/mol. The lowest BCUT2D eigenvalue weighted by Gasteiger charge is -2.17. The molecule has 24 heavy (non-hydrogen) atoms. The van der Waals surface area contributed by atoms with E-state index in [0.717, 1.165) is 0 Å². The van der Waals surface area contributed by atoms with E-state index in [2.05, 4.69) is 5.32 Å². The third-order valence-electron chi connectivity index (χ3n) is 3.79. The van der Waals surface area contributed by atoms with Gasteiger partial charge in [0.2, 0.25) is 0 Å². The van der Waals surface area contributed by atoms with Crippen LogP contribution in [0, 0.1) is 0 Å². The summed E-state index contributed by atoms with van der Waals surface area (Å²) in [6.45, 7) is 1.01. The monoisotopic (exact) mass is 348 g/mol. The molecule has 0 unspecified atom stereocenters. The molecule has 0 aromatic heterocycles. The summed E-state index contributed by atoms with van der Waals surface area (Å²) in [7, 11) is -2.91. The van der Waals surface area contributed by atoms with E-state index in [4.69, 9.17) is 4.74 Å². The average Bonchev–Trinajstić information content (AvgIpc) is 2.99. The van der Waals surface area contributed by atoms with Crippen LogP contribution < -0.4 is 15.0 Å². The molecule has 1 aliphatic rings. The second-order valence-electron chi connectivity index (χ2n) is 5.27. The van der Waals surface area contributed by atoms with E-state index >= 15 is 0 Å². The number of ether oxygens (including phenoxy) is 1. The maximum absolute atomic E-state index is 11.8. The van der Waals surface area contributed by atoms with Gasteiger partial charge >= 0.3 is 6.03 Å². The molecule has 2 aromatic rings. The minimum Gasteiger partial charge on any atom is -0.497 e. The summed E-state index contributed by atoms with van der Waals surface area (Å²) < 4.78 is 38.1. The molecule has 1 fully saturated rings. The number of carbonyl (C=O) groups is 1. The number of rotatable bonds is 4. The van der Waals surface area contributed by atoms with Crippen molar-refractivity contribution in [1.29, 1.82) is 0 Å².